The van der Waals surface area contributed by atoms with Crippen LogP contribution in [-0.4, -0.2) is 0 Å². The summed E-state index contributed by atoms with van der Waals surface area (Å²) in [5.41, 5.74) is 2.63. The molecule has 1 aliphatic heterocycles. The molecule has 2 aromatic rings. The quantitative estimate of drug-likeness (QED) is 0.658. The number of hydrogen-bond acceptors (Lipinski definition) is 2. The SMILES string of the molecule is C1=CC(c2ccc(C=C3Sc4ccccc4S3)cc2)C=C1. The molecule has 0 aromatic heterocycles. The smallest absolute Gasteiger partial charge is 0.0505 e. The third-order valence-electron chi connectivity index (χ3n) is 3.62. The molecule has 1 heterocycles. The third kappa shape index (κ3) is 2.74. The second-order valence-corrected chi connectivity index (χ2v) is 7.50. The highest BCUT2D eigenvalue weighted by Gasteiger charge is 2.16. The topological polar surface area (TPSA) is 0 Å². The number of benzene rings is 2. The van der Waals surface area contributed by atoms with Gasteiger partial charge in [0.2, 0.25) is 0 Å². The Kier molecular flexibility index (Phi) is 3.50. The van der Waals surface area contributed by atoms with Gasteiger partial charge in [0.1, 0.15) is 0 Å². The van der Waals surface area contributed by atoms with Gasteiger partial charge in [-0.05, 0) is 29.3 Å². The van der Waals surface area contributed by atoms with Gasteiger partial charge in [0, 0.05) is 15.7 Å². The maximum atomic E-state index is 2.28. The van der Waals surface area contributed by atoms with E-state index in [1.54, 1.807) is 0 Å². The fraction of sp³-hybridized carbons (Fsp3) is 0.0526. The molecule has 0 saturated heterocycles. The number of rotatable bonds is 2. The minimum Gasteiger partial charge on any atom is -0.0815 e. The molecule has 0 amide bonds. The normalized spacial score (nSPS) is 16.5. The van der Waals surface area contributed by atoms with Gasteiger partial charge < -0.3 is 0 Å². The Morgan fingerprint density at radius 3 is 2.00 bits per heavy atom. The van der Waals surface area contributed by atoms with E-state index in [1.165, 1.54) is 25.2 Å². The van der Waals surface area contributed by atoms with Crippen LogP contribution in [0.25, 0.3) is 6.08 Å². The van der Waals surface area contributed by atoms with Crippen molar-refractivity contribution in [2.24, 2.45) is 0 Å². The number of thioether (sulfide) groups is 2. The first-order valence-corrected chi connectivity index (χ1v) is 8.63. The molecular weight excluding hydrogens is 292 g/mol. The van der Waals surface area contributed by atoms with Gasteiger partial charge in [-0.1, -0.05) is 84.2 Å². The van der Waals surface area contributed by atoms with Crippen LogP contribution in [-0.2, 0) is 0 Å². The van der Waals surface area contributed by atoms with Crippen molar-refractivity contribution in [3.63, 3.8) is 0 Å². The van der Waals surface area contributed by atoms with Crippen LogP contribution in [0.3, 0.4) is 0 Å². The predicted molar refractivity (Wildman–Crippen MR) is 93.6 cm³/mol. The van der Waals surface area contributed by atoms with Gasteiger partial charge in [-0.3, -0.25) is 0 Å². The summed E-state index contributed by atoms with van der Waals surface area (Å²) in [4.78, 5) is 2.73. The average Bonchev–Trinajstić information content (AvgIpc) is 3.17. The van der Waals surface area contributed by atoms with E-state index in [0.717, 1.165) is 0 Å². The van der Waals surface area contributed by atoms with Gasteiger partial charge in [-0.15, -0.1) is 0 Å². The highest BCUT2D eigenvalue weighted by molar-refractivity contribution is 8.24. The summed E-state index contributed by atoms with van der Waals surface area (Å²) in [5.74, 6) is 0.450. The predicted octanol–water partition coefficient (Wildman–Crippen LogP) is 6.09. The number of hydrogen-bond donors (Lipinski definition) is 0. The highest BCUT2D eigenvalue weighted by Crippen LogP contribution is 2.51. The summed E-state index contributed by atoms with van der Waals surface area (Å²) in [7, 11) is 0. The Bertz CT molecular complexity index is 712. The summed E-state index contributed by atoms with van der Waals surface area (Å²) >= 11 is 3.72. The molecule has 4 rings (SSSR count). The van der Waals surface area contributed by atoms with E-state index in [1.807, 2.05) is 23.5 Å². The summed E-state index contributed by atoms with van der Waals surface area (Å²) in [5, 5.41) is 0. The van der Waals surface area contributed by atoms with Crippen LogP contribution in [0.1, 0.15) is 17.0 Å². The summed E-state index contributed by atoms with van der Waals surface area (Å²) in [6, 6.07) is 17.5. The van der Waals surface area contributed by atoms with Crippen LogP contribution in [0, 0.1) is 0 Å². The van der Waals surface area contributed by atoms with Crippen molar-refractivity contribution in [1.29, 1.82) is 0 Å². The molecule has 0 bridgehead atoms. The van der Waals surface area contributed by atoms with Crippen molar-refractivity contribution in [3.8, 4) is 0 Å². The Balaban J connectivity index is 1.54. The molecule has 2 aliphatic rings. The summed E-state index contributed by atoms with van der Waals surface area (Å²) in [6.45, 7) is 0. The fourth-order valence-electron chi connectivity index (χ4n) is 2.52. The van der Waals surface area contributed by atoms with Crippen molar-refractivity contribution < 1.29 is 0 Å². The van der Waals surface area contributed by atoms with Crippen LogP contribution in [0.4, 0.5) is 0 Å². The highest BCUT2D eigenvalue weighted by atomic mass is 32.2. The molecule has 0 atom stereocenters. The first-order valence-electron chi connectivity index (χ1n) is 7.00. The van der Waals surface area contributed by atoms with E-state index in [0.29, 0.717) is 5.92 Å². The molecule has 0 radical (unpaired) electrons. The molecule has 0 saturated carbocycles. The van der Waals surface area contributed by atoms with E-state index in [2.05, 4.69) is 78.9 Å². The number of fused-ring (bicyclic) bond motifs is 1. The maximum absolute atomic E-state index is 2.28. The van der Waals surface area contributed by atoms with Crippen molar-refractivity contribution >= 4 is 29.6 Å². The summed E-state index contributed by atoms with van der Waals surface area (Å²) < 4.78 is 1.35. The molecule has 0 nitrogen and oxygen atoms in total. The van der Waals surface area contributed by atoms with E-state index in [9.17, 15) is 0 Å². The molecule has 2 aromatic carbocycles. The minimum absolute atomic E-state index is 0.450. The van der Waals surface area contributed by atoms with Crippen molar-refractivity contribution in [1.82, 2.24) is 0 Å². The molecule has 0 fully saturated rings. The number of allylic oxidation sites excluding steroid dienone is 4. The lowest BCUT2D eigenvalue weighted by Crippen LogP contribution is -1.88. The maximum Gasteiger partial charge on any atom is 0.0505 e. The molecule has 0 unspecified atom stereocenters. The van der Waals surface area contributed by atoms with Crippen LogP contribution in [0.5, 0.6) is 0 Å². The van der Waals surface area contributed by atoms with Crippen LogP contribution < -0.4 is 0 Å². The molecule has 2 heteroatoms. The Morgan fingerprint density at radius 2 is 1.38 bits per heavy atom. The molecule has 1 aliphatic carbocycles. The van der Waals surface area contributed by atoms with E-state index in [4.69, 9.17) is 0 Å². The van der Waals surface area contributed by atoms with Crippen LogP contribution >= 0.6 is 23.5 Å². The van der Waals surface area contributed by atoms with E-state index >= 15 is 0 Å². The molecule has 0 N–H and O–H groups in total. The molecule has 21 heavy (non-hydrogen) atoms. The van der Waals surface area contributed by atoms with Gasteiger partial charge in [-0.2, -0.15) is 0 Å². The summed E-state index contributed by atoms with van der Waals surface area (Å²) in [6.07, 6.45) is 11.0. The van der Waals surface area contributed by atoms with Gasteiger partial charge in [-0.25, -0.2) is 0 Å². The second kappa shape index (κ2) is 5.63. The fourth-order valence-corrected chi connectivity index (χ4v) is 4.93. The Morgan fingerprint density at radius 1 is 0.762 bits per heavy atom. The first-order chi connectivity index (χ1) is 10.4. The zero-order valence-corrected chi connectivity index (χ0v) is 13.0. The Hall–Kier alpha value is -1.64. The van der Waals surface area contributed by atoms with Crippen molar-refractivity contribution in [3.05, 3.63) is 88.2 Å². The van der Waals surface area contributed by atoms with E-state index in [-0.39, 0.29) is 0 Å². The van der Waals surface area contributed by atoms with Crippen LogP contribution in [0.15, 0.2) is 86.9 Å². The zero-order chi connectivity index (χ0) is 14.1. The average molecular weight is 306 g/mol. The third-order valence-corrected chi connectivity index (χ3v) is 6.04. The second-order valence-electron chi connectivity index (χ2n) is 5.08. The van der Waals surface area contributed by atoms with Crippen LogP contribution in [0.2, 0.25) is 0 Å². The van der Waals surface area contributed by atoms with Gasteiger partial charge in [0.25, 0.3) is 0 Å². The molecule has 102 valence electrons. The van der Waals surface area contributed by atoms with Crippen molar-refractivity contribution in [2.75, 3.05) is 0 Å². The molecular formula is C19H14S2. The zero-order valence-electron chi connectivity index (χ0n) is 11.4. The lowest BCUT2D eigenvalue weighted by Gasteiger charge is -2.06. The van der Waals surface area contributed by atoms with Gasteiger partial charge in [0.05, 0.1) is 4.24 Å². The largest absolute Gasteiger partial charge is 0.0815 e. The van der Waals surface area contributed by atoms with Gasteiger partial charge in [0.15, 0.2) is 0 Å². The monoisotopic (exact) mass is 306 g/mol. The Labute approximate surface area is 133 Å². The lowest BCUT2D eigenvalue weighted by atomic mass is 10.00. The standard InChI is InChI=1S/C19H14S2/c1-2-6-15(5-1)16-11-9-14(10-12-16)13-19-20-17-7-3-4-8-18(17)21-19/h1-13,15H. The minimum atomic E-state index is 0.450. The van der Waals surface area contributed by atoms with E-state index < -0.39 is 0 Å². The van der Waals surface area contributed by atoms with Crippen molar-refractivity contribution in [2.45, 2.75) is 15.7 Å². The lowest BCUT2D eigenvalue weighted by molar-refractivity contribution is 1.10. The van der Waals surface area contributed by atoms with Gasteiger partial charge >= 0.3 is 0 Å². The molecule has 0 spiro atoms. The first kappa shape index (κ1) is 13.1.